The molecule has 5 heteroatoms. The van der Waals surface area contributed by atoms with Gasteiger partial charge in [0, 0.05) is 4.92 Å². The molecule has 2 atom stereocenters. The summed E-state index contributed by atoms with van der Waals surface area (Å²) in [6, 6.07) is -0.733. The predicted octanol–water partition coefficient (Wildman–Crippen LogP) is 0.413. The van der Waals surface area contributed by atoms with Gasteiger partial charge in [-0.05, 0) is 13.8 Å². The van der Waals surface area contributed by atoms with Crippen LogP contribution in [0, 0.1) is 10.1 Å². The van der Waals surface area contributed by atoms with E-state index in [0.29, 0.717) is 0 Å². The third-order valence-electron chi connectivity index (χ3n) is 1.87. The maximum absolute atomic E-state index is 10.4. The van der Waals surface area contributed by atoms with E-state index in [0.717, 1.165) is 0 Å². The lowest BCUT2D eigenvalue weighted by Crippen LogP contribution is -2.47. The summed E-state index contributed by atoms with van der Waals surface area (Å²) in [7, 11) is 0. The highest BCUT2D eigenvalue weighted by Gasteiger charge is 2.38. The summed E-state index contributed by atoms with van der Waals surface area (Å²) in [5, 5.41) is 10.4. The van der Waals surface area contributed by atoms with E-state index in [9.17, 15) is 10.1 Å². The Labute approximate surface area is 64.4 Å². The molecule has 0 aliphatic carbocycles. The maximum Gasteiger partial charge on any atom is 0.264 e. The average molecular weight is 161 g/mol. The first-order chi connectivity index (χ1) is 5.13. The summed E-state index contributed by atoms with van der Waals surface area (Å²) in [5.74, 6) is 0. The topological polar surface area (TPSA) is 61.6 Å². The van der Waals surface area contributed by atoms with E-state index in [1.165, 1.54) is 0 Å². The Kier molecular flexibility index (Phi) is 2.41. The lowest BCUT2D eigenvalue weighted by molar-refractivity contribution is -0.558. The van der Waals surface area contributed by atoms with Crippen molar-refractivity contribution in [2.24, 2.45) is 0 Å². The molecule has 1 fully saturated rings. The van der Waals surface area contributed by atoms with E-state index < -0.39 is 6.04 Å². The Morgan fingerprint density at radius 2 is 1.82 bits per heavy atom. The normalized spacial score (nSPS) is 38.5. The van der Waals surface area contributed by atoms with E-state index in [4.69, 9.17) is 9.47 Å². The zero-order valence-electron chi connectivity index (χ0n) is 6.52. The Balaban J connectivity index is 2.62. The van der Waals surface area contributed by atoms with Crippen molar-refractivity contribution in [2.45, 2.75) is 32.1 Å². The first-order valence-corrected chi connectivity index (χ1v) is 3.49. The highest BCUT2D eigenvalue weighted by atomic mass is 16.7. The van der Waals surface area contributed by atoms with Crippen LogP contribution in [0.2, 0.25) is 0 Å². The number of hydrogen-bond acceptors (Lipinski definition) is 4. The molecule has 0 aromatic carbocycles. The quantitative estimate of drug-likeness (QED) is 0.413. The van der Waals surface area contributed by atoms with Crippen molar-refractivity contribution >= 4 is 0 Å². The third-order valence-corrected chi connectivity index (χ3v) is 1.87. The minimum Gasteiger partial charge on any atom is -0.345 e. The highest BCUT2D eigenvalue weighted by Crippen LogP contribution is 2.15. The van der Waals surface area contributed by atoms with Crippen LogP contribution >= 0.6 is 0 Å². The molecular weight excluding hydrogens is 150 g/mol. The molecule has 1 rings (SSSR count). The molecule has 64 valence electrons. The lowest BCUT2D eigenvalue weighted by Gasteiger charge is -2.27. The molecule has 0 spiro atoms. The minimum atomic E-state index is -0.733. The standard InChI is InChI=1S/C6H11NO4/c1-4-6(7(8)9)5(2)11-3-10-4/h4-6H,3H2,1-2H3. The first kappa shape index (κ1) is 8.42. The van der Waals surface area contributed by atoms with E-state index in [1.54, 1.807) is 13.8 Å². The molecule has 0 aromatic heterocycles. The molecule has 11 heavy (non-hydrogen) atoms. The highest BCUT2D eigenvalue weighted by molar-refractivity contribution is 4.74. The molecule has 0 aromatic rings. The van der Waals surface area contributed by atoms with Crippen LogP contribution < -0.4 is 0 Å². The van der Waals surface area contributed by atoms with E-state index in [2.05, 4.69) is 0 Å². The molecule has 0 saturated carbocycles. The Hall–Kier alpha value is -0.680. The third kappa shape index (κ3) is 1.66. The number of nitrogens with zero attached hydrogens (tertiary/aromatic N) is 1. The van der Waals surface area contributed by atoms with Gasteiger partial charge in [-0.25, -0.2) is 0 Å². The van der Waals surface area contributed by atoms with Gasteiger partial charge in [0.05, 0.1) is 0 Å². The van der Waals surface area contributed by atoms with Gasteiger partial charge in [-0.3, -0.25) is 10.1 Å². The van der Waals surface area contributed by atoms with Gasteiger partial charge in [0.15, 0.2) is 0 Å². The van der Waals surface area contributed by atoms with E-state index in [-0.39, 0.29) is 23.9 Å². The largest absolute Gasteiger partial charge is 0.345 e. The molecule has 1 aliphatic rings. The van der Waals surface area contributed by atoms with Crippen molar-refractivity contribution in [1.29, 1.82) is 0 Å². The molecule has 1 heterocycles. The van der Waals surface area contributed by atoms with Gasteiger partial charge in [-0.1, -0.05) is 0 Å². The van der Waals surface area contributed by atoms with Crippen molar-refractivity contribution in [1.82, 2.24) is 0 Å². The van der Waals surface area contributed by atoms with Crippen LogP contribution in [0.1, 0.15) is 13.8 Å². The zero-order valence-corrected chi connectivity index (χ0v) is 6.52. The SMILES string of the molecule is CC1OCOC(C)C1[N+](=O)[O-]. The molecular formula is C6H11NO4. The second-order valence-electron chi connectivity index (χ2n) is 2.64. The molecule has 2 unspecified atom stereocenters. The van der Waals surface area contributed by atoms with Gasteiger partial charge in [-0.2, -0.15) is 0 Å². The summed E-state index contributed by atoms with van der Waals surface area (Å²) in [5.41, 5.74) is 0. The van der Waals surface area contributed by atoms with Gasteiger partial charge in [0.25, 0.3) is 6.04 Å². The fraction of sp³-hybridized carbons (Fsp3) is 1.00. The molecule has 0 bridgehead atoms. The number of nitro groups is 1. The second-order valence-corrected chi connectivity index (χ2v) is 2.64. The second kappa shape index (κ2) is 3.15. The Morgan fingerprint density at radius 1 is 1.36 bits per heavy atom. The summed E-state index contributed by atoms with van der Waals surface area (Å²) in [6.45, 7) is 3.53. The van der Waals surface area contributed by atoms with Gasteiger partial charge in [-0.15, -0.1) is 0 Å². The minimum absolute atomic E-state index is 0.159. The van der Waals surface area contributed by atoms with E-state index in [1.807, 2.05) is 0 Å². The lowest BCUT2D eigenvalue weighted by atomic mass is 10.1. The van der Waals surface area contributed by atoms with Crippen LogP contribution in [0.3, 0.4) is 0 Å². The summed E-state index contributed by atoms with van der Waals surface area (Å²) >= 11 is 0. The van der Waals surface area contributed by atoms with Crippen LogP contribution in [0.5, 0.6) is 0 Å². The molecule has 0 radical (unpaired) electrons. The van der Waals surface area contributed by atoms with Crippen molar-refractivity contribution in [3.05, 3.63) is 10.1 Å². The van der Waals surface area contributed by atoms with Crippen molar-refractivity contribution in [2.75, 3.05) is 6.79 Å². The fourth-order valence-corrected chi connectivity index (χ4v) is 1.18. The van der Waals surface area contributed by atoms with Crippen LogP contribution in [0.15, 0.2) is 0 Å². The van der Waals surface area contributed by atoms with Gasteiger partial charge >= 0.3 is 0 Å². The van der Waals surface area contributed by atoms with Crippen molar-refractivity contribution in [3.63, 3.8) is 0 Å². The molecule has 0 N–H and O–H groups in total. The molecule has 1 saturated heterocycles. The zero-order chi connectivity index (χ0) is 8.43. The number of rotatable bonds is 1. The molecule has 5 nitrogen and oxygen atoms in total. The van der Waals surface area contributed by atoms with Gasteiger partial charge in [0.1, 0.15) is 19.0 Å². The molecule has 1 aliphatic heterocycles. The number of hydrogen-bond donors (Lipinski definition) is 0. The predicted molar refractivity (Wildman–Crippen MR) is 36.7 cm³/mol. The Bertz CT molecular complexity index is 151. The fourth-order valence-electron chi connectivity index (χ4n) is 1.18. The van der Waals surface area contributed by atoms with Crippen LogP contribution in [0.4, 0.5) is 0 Å². The number of ether oxygens (including phenoxy) is 2. The monoisotopic (exact) mass is 161 g/mol. The van der Waals surface area contributed by atoms with Crippen LogP contribution in [-0.4, -0.2) is 30.0 Å². The summed E-state index contributed by atoms with van der Waals surface area (Å²) < 4.78 is 9.92. The van der Waals surface area contributed by atoms with Crippen LogP contribution in [0.25, 0.3) is 0 Å². The van der Waals surface area contributed by atoms with Crippen LogP contribution in [-0.2, 0) is 9.47 Å². The van der Waals surface area contributed by atoms with E-state index >= 15 is 0 Å². The van der Waals surface area contributed by atoms with Gasteiger partial charge < -0.3 is 9.47 Å². The smallest absolute Gasteiger partial charge is 0.264 e. The van der Waals surface area contributed by atoms with Gasteiger partial charge in [0.2, 0.25) is 0 Å². The summed E-state index contributed by atoms with van der Waals surface area (Å²) in [6.07, 6.45) is -0.706. The summed E-state index contributed by atoms with van der Waals surface area (Å²) in [4.78, 5) is 10.1. The molecule has 0 amide bonds. The average Bonchev–Trinajstić information content (AvgIpc) is 1.85. The van der Waals surface area contributed by atoms with Crippen molar-refractivity contribution in [3.8, 4) is 0 Å². The Morgan fingerprint density at radius 3 is 2.09 bits per heavy atom. The maximum atomic E-state index is 10.4. The first-order valence-electron chi connectivity index (χ1n) is 3.49. The van der Waals surface area contributed by atoms with Crippen molar-refractivity contribution < 1.29 is 14.4 Å².